The van der Waals surface area contributed by atoms with Gasteiger partial charge in [0, 0.05) is 5.02 Å². The normalized spacial score (nSPS) is 10.1. The molecule has 21 heavy (non-hydrogen) atoms. The van der Waals surface area contributed by atoms with E-state index in [-0.39, 0.29) is 0 Å². The summed E-state index contributed by atoms with van der Waals surface area (Å²) in [4.78, 5) is 12.0. The fourth-order valence-electron chi connectivity index (χ4n) is 1.66. The second-order valence-corrected chi connectivity index (χ2v) is 5.27. The molecule has 2 rings (SSSR count). The lowest BCUT2D eigenvalue weighted by Crippen LogP contribution is -2.20. The van der Waals surface area contributed by atoms with Gasteiger partial charge < -0.3 is 15.4 Å². The summed E-state index contributed by atoms with van der Waals surface area (Å²) in [6, 6.07) is 9.33. The van der Waals surface area contributed by atoms with Crippen molar-refractivity contribution in [2.75, 3.05) is 17.7 Å². The molecule has 0 aliphatic heterocycles. The van der Waals surface area contributed by atoms with Crippen molar-refractivity contribution in [3.8, 4) is 5.75 Å². The van der Waals surface area contributed by atoms with E-state index < -0.39 is 6.03 Å². The number of halogens is 3. The molecular formula is C14H11Cl3N2O2. The van der Waals surface area contributed by atoms with Gasteiger partial charge in [-0.25, -0.2) is 4.79 Å². The van der Waals surface area contributed by atoms with Crippen LogP contribution in [-0.2, 0) is 0 Å². The molecule has 110 valence electrons. The molecule has 0 bridgehead atoms. The lowest BCUT2D eigenvalue weighted by atomic mass is 10.3. The molecule has 0 atom stereocenters. The number of hydrogen-bond donors (Lipinski definition) is 2. The molecule has 2 aromatic rings. The number of carbonyl (C=O) groups excluding carboxylic acids is 1. The van der Waals surface area contributed by atoms with Crippen LogP contribution >= 0.6 is 34.8 Å². The minimum Gasteiger partial charge on any atom is -0.495 e. The molecule has 0 heterocycles. The van der Waals surface area contributed by atoms with E-state index in [4.69, 9.17) is 39.5 Å². The summed E-state index contributed by atoms with van der Waals surface area (Å²) in [5, 5.41) is 6.37. The van der Waals surface area contributed by atoms with Crippen molar-refractivity contribution >= 4 is 52.2 Å². The van der Waals surface area contributed by atoms with E-state index in [1.807, 2.05) is 0 Å². The zero-order chi connectivity index (χ0) is 15.4. The van der Waals surface area contributed by atoms with Gasteiger partial charge in [-0.05, 0) is 30.3 Å². The SMILES string of the molecule is COc1ccc(Cl)cc1NC(=O)Nc1c(Cl)cccc1Cl. The van der Waals surface area contributed by atoms with Crippen LogP contribution in [0.1, 0.15) is 0 Å². The Balaban J connectivity index is 2.17. The Bertz CT molecular complexity index is 657. The van der Waals surface area contributed by atoms with E-state index in [0.29, 0.717) is 32.2 Å². The number of ether oxygens (including phenoxy) is 1. The maximum Gasteiger partial charge on any atom is 0.323 e. The van der Waals surface area contributed by atoms with Crippen LogP contribution in [0.3, 0.4) is 0 Å². The second kappa shape index (κ2) is 6.89. The first kappa shape index (κ1) is 15.8. The molecule has 0 saturated heterocycles. The summed E-state index contributed by atoms with van der Waals surface area (Å²) in [7, 11) is 1.50. The Morgan fingerprint density at radius 3 is 2.33 bits per heavy atom. The van der Waals surface area contributed by atoms with Gasteiger partial charge in [-0.2, -0.15) is 0 Å². The number of para-hydroxylation sites is 1. The van der Waals surface area contributed by atoms with Crippen LogP contribution in [0.5, 0.6) is 5.75 Å². The van der Waals surface area contributed by atoms with Crippen molar-refractivity contribution in [1.29, 1.82) is 0 Å². The fourth-order valence-corrected chi connectivity index (χ4v) is 2.33. The van der Waals surface area contributed by atoms with Crippen molar-refractivity contribution in [2.45, 2.75) is 0 Å². The molecule has 7 heteroatoms. The standard InChI is InChI=1S/C14H11Cl3N2O2/c1-21-12-6-5-8(15)7-11(12)18-14(20)19-13-9(16)3-2-4-10(13)17/h2-7H,1H3,(H2,18,19,20). The highest BCUT2D eigenvalue weighted by molar-refractivity contribution is 6.39. The molecule has 2 aromatic carbocycles. The van der Waals surface area contributed by atoms with Crippen molar-refractivity contribution in [3.05, 3.63) is 51.5 Å². The number of carbonyl (C=O) groups is 1. The van der Waals surface area contributed by atoms with Gasteiger partial charge in [0.05, 0.1) is 28.5 Å². The summed E-state index contributed by atoms with van der Waals surface area (Å²) in [5.74, 6) is 0.486. The molecule has 4 nitrogen and oxygen atoms in total. The summed E-state index contributed by atoms with van der Waals surface area (Å²) < 4.78 is 5.15. The maximum atomic E-state index is 12.0. The van der Waals surface area contributed by atoms with Crippen molar-refractivity contribution < 1.29 is 9.53 Å². The number of amides is 2. The largest absolute Gasteiger partial charge is 0.495 e. The van der Waals surface area contributed by atoms with E-state index in [9.17, 15) is 4.79 Å². The third kappa shape index (κ3) is 3.94. The zero-order valence-corrected chi connectivity index (χ0v) is 13.2. The first-order chi connectivity index (χ1) is 10.0. The van der Waals surface area contributed by atoms with E-state index in [1.165, 1.54) is 7.11 Å². The van der Waals surface area contributed by atoms with Crippen LogP contribution in [0.4, 0.5) is 16.2 Å². The van der Waals surface area contributed by atoms with Gasteiger partial charge in [0.2, 0.25) is 0 Å². The smallest absolute Gasteiger partial charge is 0.323 e. The average molecular weight is 346 g/mol. The van der Waals surface area contributed by atoms with Crippen LogP contribution in [0.15, 0.2) is 36.4 Å². The number of hydrogen-bond acceptors (Lipinski definition) is 2. The summed E-state index contributed by atoms with van der Waals surface area (Å²) in [6.07, 6.45) is 0. The fraction of sp³-hybridized carbons (Fsp3) is 0.0714. The van der Waals surface area contributed by atoms with Gasteiger partial charge in [0.1, 0.15) is 5.75 Å². The number of anilines is 2. The average Bonchev–Trinajstić information content (AvgIpc) is 2.43. The Kier molecular flexibility index (Phi) is 5.17. The van der Waals surface area contributed by atoms with Gasteiger partial charge >= 0.3 is 6.03 Å². The molecule has 2 N–H and O–H groups in total. The monoisotopic (exact) mass is 344 g/mol. The van der Waals surface area contributed by atoms with Gasteiger partial charge in [-0.15, -0.1) is 0 Å². The Labute approximate surface area is 137 Å². The highest BCUT2D eigenvalue weighted by Gasteiger charge is 2.12. The molecule has 0 unspecified atom stereocenters. The van der Waals surface area contributed by atoms with E-state index in [1.54, 1.807) is 36.4 Å². The Morgan fingerprint density at radius 1 is 1.05 bits per heavy atom. The molecule has 2 amide bonds. The number of nitrogens with one attached hydrogen (secondary N) is 2. The van der Waals surface area contributed by atoms with E-state index >= 15 is 0 Å². The van der Waals surface area contributed by atoms with Gasteiger partial charge in [0.25, 0.3) is 0 Å². The van der Waals surface area contributed by atoms with Crippen molar-refractivity contribution in [2.24, 2.45) is 0 Å². The topological polar surface area (TPSA) is 50.4 Å². The van der Waals surface area contributed by atoms with Crippen LogP contribution in [0.2, 0.25) is 15.1 Å². The quantitative estimate of drug-likeness (QED) is 0.793. The number of methoxy groups -OCH3 is 1. The molecule has 0 aromatic heterocycles. The van der Waals surface area contributed by atoms with Crippen LogP contribution in [0.25, 0.3) is 0 Å². The Hall–Kier alpha value is -1.62. The maximum absolute atomic E-state index is 12.0. The molecule has 0 fully saturated rings. The highest BCUT2D eigenvalue weighted by Crippen LogP contribution is 2.31. The van der Waals surface area contributed by atoms with Crippen LogP contribution in [0, 0.1) is 0 Å². The predicted molar refractivity (Wildman–Crippen MR) is 87.1 cm³/mol. The molecule has 0 aliphatic rings. The van der Waals surface area contributed by atoms with Gasteiger partial charge in [0.15, 0.2) is 0 Å². The zero-order valence-electron chi connectivity index (χ0n) is 10.9. The molecule has 0 spiro atoms. The lowest BCUT2D eigenvalue weighted by Gasteiger charge is -2.13. The molecule has 0 aliphatic carbocycles. The van der Waals surface area contributed by atoms with E-state index in [2.05, 4.69) is 10.6 Å². The number of benzene rings is 2. The summed E-state index contributed by atoms with van der Waals surface area (Å²) in [5.41, 5.74) is 0.769. The predicted octanol–water partition coefficient (Wildman–Crippen LogP) is 5.30. The summed E-state index contributed by atoms with van der Waals surface area (Å²) in [6.45, 7) is 0. The second-order valence-electron chi connectivity index (χ2n) is 4.02. The van der Waals surface area contributed by atoms with Gasteiger partial charge in [-0.3, -0.25) is 0 Å². The number of rotatable bonds is 3. The van der Waals surface area contributed by atoms with Gasteiger partial charge in [-0.1, -0.05) is 40.9 Å². The minimum atomic E-state index is -0.509. The van der Waals surface area contributed by atoms with E-state index in [0.717, 1.165) is 0 Å². The minimum absolute atomic E-state index is 0.333. The van der Waals surface area contributed by atoms with Crippen LogP contribution in [-0.4, -0.2) is 13.1 Å². The molecular weight excluding hydrogens is 335 g/mol. The first-order valence-electron chi connectivity index (χ1n) is 5.87. The first-order valence-corrected chi connectivity index (χ1v) is 7.00. The third-order valence-electron chi connectivity index (χ3n) is 2.61. The van der Waals surface area contributed by atoms with Crippen molar-refractivity contribution in [3.63, 3.8) is 0 Å². The Morgan fingerprint density at radius 2 is 1.71 bits per heavy atom. The highest BCUT2D eigenvalue weighted by atomic mass is 35.5. The number of urea groups is 1. The lowest BCUT2D eigenvalue weighted by molar-refractivity contribution is 0.262. The van der Waals surface area contributed by atoms with Crippen LogP contribution < -0.4 is 15.4 Å². The molecule has 0 radical (unpaired) electrons. The summed E-state index contributed by atoms with van der Waals surface area (Å²) >= 11 is 17.9. The van der Waals surface area contributed by atoms with Crippen molar-refractivity contribution in [1.82, 2.24) is 0 Å². The molecule has 0 saturated carbocycles. The third-order valence-corrected chi connectivity index (χ3v) is 3.48.